The van der Waals surface area contributed by atoms with E-state index in [4.69, 9.17) is 5.26 Å². The summed E-state index contributed by atoms with van der Waals surface area (Å²) in [6, 6.07) is 7.80. The fraction of sp³-hybridized carbons (Fsp3) is 0.385. The highest BCUT2D eigenvalue weighted by molar-refractivity contribution is 7.90. The van der Waals surface area contributed by atoms with Gasteiger partial charge in [-0.3, -0.25) is 4.79 Å². The molecule has 1 unspecified atom stereocenters. The number of carbonyl (C=O) groups is 1. The Hall–Kier alpha value is -1.87. The highest BCUT2D eigenvalue weighted by Gasteiger charge is 2.20. The van der Waals surface area contributed by atoms with E-state index in [1.54, 1.807) is 38.2 Å². The molecule has 0 aliphatic carbocycles. The number of amides is 1. The molecule has 0 aromatic heterocycles. The van der Waals surface area contributed by atoms with Crippen LogP contribution in [0.25, 0.3) is 0 Å². The van der Waals surface area contributed by atoms with Crippen molar-refractivity contribution in [2.45, 2.75) is 13.0 Å². The van der Waals surface area contributed by atoms with Gasteiger partial charge >= 0.3 is 0 Å². The largest absolute Gasteiger partial charge is 0.338 e. The molecular formula is C13H16N2O3S. The Bertz CT molecular complexity index is 600. The molecule has 0 aliphatic rings. The highest BCUT2D eigenvalue weighted by Crippen LogP contribution is 2.09. The van der Waals surface area contributed by atoms with Gasteiger partial charge in [-0.05, 0) is 31.2 Å². The second kappa shape index (κ2) is 5.85. The average Bonchev–Trinajstić information content (AvgIpc) is 2.35. The summed E-state index contributed by atoms with van der Waals surface area (Å²) in [6.45, 7) is 1.68. The van der Waals surface area contributed by atoms with Gasteiger partial charge in [0.1, 0.15) is 9.84 Å². The first-order chi connectivity index (χ1) is 8.74. The summed E-state index contributed by atoms with van der Waals surface area (Å²) in [6.07, 6.45) is 1.14. The molecule has 0 bridgehead atoms. The molecule has 0 fully saturated rings. The van der Waals surface area contributed by atoms with Crippen molar-refractivity contribution in [3.05, 3.63) is 35.4 Å². The van der Waals surface area contributed by atoms with Crippen LogP contribution in [-0.2, 0) is 9.84 Å². The summed E-state index contributed by atoms with van der Waals surface area (Å²) in [5, 5.41) is 8.68. The van der Waals surface area contributed by atoms with Crippen LogP contribution in [0.3, 0.4) is 0 Å². The summed E-state index contributed by atoms with van der Waals surface area (Å²) in [5.74, 6) is -0.341. The highest BCUT2D eigenvalue weighted by atomic mass is 32.2. The van der Waals surface area contributed by atoms with Crippen molar-refractivity contribution in [3.63, 3.8) is 0 Å². The molecule has 0 saturated heterocycles. The zero-order valence-electron chi connectivity index (χ0n) is 11.1. The Balaban J connectivity index is 2.84. The van der Waals surface area contributed by atoms with Gasteiger partial charge in [0.15, 0.2) is 0 Å². The Kier molecular flexibility index (Phi) is 4.67. The van der Waals surface area contributed by atoms with Crippen LogP contribution in [0.15, 0.2) is 24.3 Å². The molecule has 1 atom stereocenters. The lowest BCUT2D eigenvalue weighted by Crippen LogP contribution is -2.39. The third-order valence-corrected chi connectivity index (χ3v) is 3.87. The van der Waals surface area contributed by atoms with Crippen molar-refractivity contribution in [2.24, 2.45) is 0 Å². The summed E-state index contributed by atoms with van der Waals surface area (Å²) >= 11 is 0. The van der Waals surface area contributed by atoms with Gasteiger partial charge in [-0.15, -0.1) is 0 Å². The Morgan fingerprint density at radius 3 is 2.32 bits per heavy atom. The van der Waals surface area contributed by atoms with Crippen molar-refractivity contribution >= 4 is 15.7 Å². The van der Waals surface area contributed by atoms with Gasteiger partial charge in [0.25, 0.3) is 5.91 Å². The third-order valence-electron chi connectivity index (χ3n) is 2.79. The van der Waals surface area contributed by atoms with Gasteiger partial charge in [0, 0.05) is 24.9 Å². The van der Waals surface area contributed by atoms with Crippen molar-refractivity contribution in [2.75, 3.05) is 19.1 Å². The van der Waals surface area contributed by atoms with E-state index in [0.717, 1.165) is 6.26 Å². The SMILES string of the molecule is CC(CS(C)(=O)=O)N(C)C(=O)c1ccc(C#N)cc1. The van der Waals surface area contributed by atoms with Crippen LogP contribution in [0, 0.1) is 11.3 Å². The van der Waals surface area contributed by atoms with E-state index in [1.165, 1.54) is 4.90 Å². The van der Waals surface area contributed by atoms with E-state index in [1.807, 2.05) is 6.07 Å². The minimum atomic E-state index is -3.13. The van der Waals surface area contributed by atoms with Crippen molar-refractivity contribution in [1.29, 1.82) is 5.26 Å². The van der Waals surface area contributed by atoms with Crippen molar-refractivity contribution in [3.8, 4) is 6.07 Å². The van der Waals surface area contributed by atoms with E-state index >= 15 is 0 Å². The van der Waals surface area contributed by atoms with E-state index in [9.17, 15) is 13.2 Å². The van der Waals surface area contributed by atoms with E-state index < -0.39 is 15.9 Å². The predicted octanol–water partition coefficient (Wildman–Crippen LogP) is 1.06. The topological polar surface area (TPSA) is 78.2 Å². The van der Waals surface area contributed by atoms with Crippen LogP contribution >= 0.6 is 0 Å². The number of hydrogen-bond donors (Lipinski definition) is 0. The second-order valence-corrected chi connectivity index (χ2v) is 6.73. The van der Waals surface area contributed by atoms with Crippen LogP contribution in [0.5, 0.6) is 0 Å². The van der Waals surface area contributed by atoms with Gasteiger partial charge in [-0.25, -0.2) is 8.42 Å². The van der Waals surface area contributed by atoms with Crippen LogP contribution in [0.4, 0.5) is 0 Å². The fourth-order valence-electron chi connectivity index (χ4n) is 1.64. The van der Waals surface area contributed by atoms with Gasteiger partial charge in [0.05, 0.1) is 17.4 Å². The minimum Gasteiger partial charge on any atom is -0.338 e. The van der Waals surface area contributed by atoms with Gasteiger partial charge in [0.2, 0.25) is 0 Å². The molecule has 1 aromatic carbocycles. The van der Waals surface area contributed by atoms with Crippen molar-refractivity contribution in [1.82, 2.24) is 4.90 Å². The summed E-state index contributed by atoms with van der Waals surface area (Å²) in [5.41, 5.74) is 0.908. The number of nitrogens with zero attached hydrogens (tertiary/aromatic N) is 2. The van der Waals surface area contributed by atoms with E-state index in [2.05, 4.69) is 0 Å². The summed E-state index contributed by atoms with van der Waals surface area (Å²) in [7, 11) is -1.57. The molecule has 0 N–H and O–H groups in total. The number of rotatable bonds is 4. The van der Waals surface area contributed by atoms with Crippen LogP contribution < -0.4 is 0 Å². The maximum Gasteiger partial charge on any atom is 0.253 e. The smallest absolute Gasteiger partial charge is 0.253 e. The molecule has 102 valence electrons. The first kappa shape index (κ1) is 15.2. The van der Waals surface area contributed by atoms with E-state index in [-0.39, 0.29) is 11.7 Å². The Morgan fingerprint density at radius 2 is 1.89 bits per heavy atom. The fourth-order valence-corrected chi connectivity index (χ4v) is 2.74. The summed E-state index contributed by atoms with van der Waals surface area (Å²) < 4.78 is 22.4. The average molecular weight is 280 g/mol. The van der Waals surface area contributed by atoms with E-state index in [0.29, 0.717) is 11.1 Å². The first-order valence-electron chi connectivity index (χ1n) is 5.69. The minimum absolute atomic E-state index is 0.0779. The van der Waals surface area contributed by atoms with Gasteiger partial charge < -0.3 is 4.90 Å². The second-order valence-electron chi connectivity index (χ2n) is 4.55. The zero-order chi connectivity index (χ0) is 14.6. The molecule has 1 rings (SSSR count). The maximum absolute atomic E-state index is 12.1. The van der Waals surface area contributed by atoms with Gasteiger partial charge in [-0.1, -0.05) is 0 Å². The number of hydrogen-bond acceptors (Lipinski definition) is 4. The lowest BCUT2D eigenvalue weighted by atomic mass is 10.1. The normalized spacial score (nSPS) is 12.5. The molecule has 0 aliphatic heterocycles. The van der Waals surface area contributed by atoms with Crippen LogP contribution in [-0.4, -0.2) is 44.3 Å². The molecule has 0 radical (unpaired) electrons. The third kappa shape index (κ3) is 4.38. The molecule has 0 heterocycles. The molecular weight excluding hydrogens is 264 g/mol. The van der Waals surface area contributed by atoms with Crippen LogP contribution in [0.1, 0.15) is 22.8 Å². The monoisotopic (exact) mass is 280 g/mol. The Morgan fingerprint density at radius 1 is 1.37 bits per heavy atom. The number of benzene rings is 1. The lowest BCUT2D eigenvalue weighted by Gasteiger charge is -2.24. The maximum atomic E-state index is 12.1. The molecule has 6 heteroatoms. The quantitative estimate of drug-likeness (QED) is 0.826. The van der Waals surface area contributed by atoms with Crippen LogP contribution in [0.2, 0.25) is 0 Å². The molecule has 0 saturated carbocycles. The standard InChI is InChI=1S/C13H16N2O3S/c1-10(9-19(3,17)18)15(2)13(16)12-6-4-11(8-14)5-7-12/h4-7,10H,9H2,1-3H3. The first-order valence-corrected chi connectivity index (χ1v) is 7.75. The lowest BCUT2D eigenvalue weighted by molar-refractivity contribution is 0.0757. The summed E-state index contributed by atoms with van der Waals surface area (Å²) in [4.78, 5) is 13.5. The predicted molar refractivity (Wildman–Crippen MR) is 72.4 cm³/mol. The molecule has 1 amide bonds. The number of nitriles is 1. The number of sulfone groups is 1. The molecule has 0 spiro atoms. The van der Waals surface area contributed by atoms with Crippen molar-refractivity contribution < 1.29 is 13.2 Å². The van der Waals surface area contributed by atoms with Gasteiger partial charge in [-0.2, -0.15) is 5.26 Å². The zero-order valence-corrected chi connectivity index (χ0v) is 11.9. The number of carbonyl (C=O) groups excluding carboxylic acids is 1. The molecule has 1 aromatic rings. The molecule has 5 nitrogen and oxygen atoms in total. The Labute approximate surface area is 113 Å². The molecule has 19 heavy (non-hydrogen) atoms.